The number of halogens is 1. The van der Waals surface area contributed by atoms with Crippen molar-refractivity contribution in [3.05, 3.63) is 21.7 Å². The highest BCUT2D eigenvalue weighted by atomic mass is 35.5. The van der Waals surface area contributed by atoms with Gasteiger partial charge in [0.2, 0.25) is 0 Å². The minimum absolute atomic E-state index is 0.246. The molecular weight excluding hydrogens is 251 g/mol. The Morgan fingerprint density at radius 2 is 2.28 bits per heavy atom. The van der Waals surface area contributed by atoms with Crippen LogP contribution in [-0.2, 0) is 10.1 Å². The van der Waals surface area contributed by atoms with Crippen LogP contribution < -0.4 is 10.6 Å². The van der Waals surface area contributed by atoms with Crippen molar-refractivity contribution >= 4 is 33.1 Å². The van der Waals surface area contributed by atoms with E-state index < -0.39 is 0 Å². The van der Waals surface area contributed by atoms with Gasteiger partial charge >= 0.3 is 5.69 Å². The highest BCUT2D eigenvalue weighted by Gasteiger charge is 2.55. The lowest BCUT2D eigenvalue weighted by molar-refractivity contribution is 0.0497. The first kappa shape index (κ1) is 12.1. The standard InChI is InChI=1S/C10H14B2ClN3O2/c1-9-5-18-3-2-15(9)7-4-6(13)14-8(17)16(7)10(9,11)12/h4H,2-3,5,11-12H2,1H3/t9-/m0/s1. The number of ether oxygens (including phenoxy) is 1. The van der Waals surface area contributed by atoms with E-state index in [1.807, 2.05) is 15.7 Å². The summed E-state index contributed by atoms with van der Waals surface area (Å²) in [6, 6.07) is 1.77. The number of aromatic nitrogens is 2. The van der Waals surface area contributed by atoms with Gasteiger partial charge in [0.15, 0.2) is 0 Å². The smallest absolute Gasteiger partial charge is 0.349 e. The number of nitrogens with zero attached hydrogens (tertiary/aromatic N) is 3. The number of hydrogen-bond acceptors (Lipinski definition) is 4. The van der Waals surface area contributed by atoms with Crippen LogP contribution in [0.4, 0.5) is 5.82 Å². The monoisotopic (exact) mass is 265 g/mol. The summed E-state index contributed by atoms with van der Waals surface area (Å²) in [5.74, 6) is 0.843. The summed E-state index contributed by atoms with van der Waals surface area (Å²) in [5.41, 5.74) is -0.540. The van der Waals surface area contributed by atoms with Crippen molar-refractivity contribution < 1.29 is 4.74 Å². The zero-order chi connectivity index (χ0) is 13.1. The third kappa shape index (κ3) is 1.29. The molecule has 1 aromatic rings. The van der Waals surface area contributed by atoms with Crippen molar-refractivity contribution in [1.29, 1.82) is 0 Å². The summed E-state index contributed by atoms with van der Waals surface area (Å²) in [5, 5.41) is -0.130. The summed E-state index contributed by atoms with van der Waals surface area (Å²) in [4.78, 5) is 18.2. The van der Waals surface area contributed by atoms with E-state index in [-0.39, 0.29) is 21.7 Å². The largest absolute Gasteiger partial charge is 0.377 e. The predicted molar refractivity (Wildman–Crippen MR) is 75.1 cm³/mol. The van der Waals surface area contributed by atoms with Crippen LogP contribution in [0.25, 0.3) is 0 Å². The Hall–Kier alpha value is -0.940. The second-order valence-electron chi connectivity index (χ2n) is 5.59. The van der Waals surface area contributed by atoms with Crippen LogP contribution in [0.15, 0.2) is 10.9 Å². The van der Waals surface area contributed by atoms with E-state index in [9.17, 15) is 4.79 Å². The molecule has 0 N–H and O–H groups in total. The van der Waals surface area contributed by atoms with Crippen LogP contribution in [0, 0.1) is 0 Å². The second-order valence-corrected chi connectivity index (χ2v) is 5.98. The van der Waals surface area contributed by atoms with Gasteiger partial charge in [-0.1, -0.05) is 11.6 Å². The van der Waals surface area contributed by atoms with Gasteiger partial charge in [-0.3, -0.25) is 4.57 Å². The first-order valence-electron chi connectivity index (χ1n) is 6.03. The van der Waals surface area contributed by atoms with E-state index >= 15 is 0 Å². The van der Waals surface area contributed by atoms with Crippen molar-refractivity contribution in [2.45, 2.75) is 17.8 Å². The van der Waals surface area contributed by atoms with Crippen LogP contribution in [0.1, 0.15) is 6.92 Å². The van der Waals surface area contributed by atoms with Gasteiger partial charge in [0.1, 0.15) is 26.7 Å². The van der Waals surface area contributed by atoms with E-state index in [0.29, 0.717) is 13.2 Å². The first-order chi connectivity index (χ1) is 8.38. The lowest BCUT2D eigenvalue weighted by Crippen LogP contribution is -2.65. The fourth-order valence-corrected chi connectivity index (χ4v) is 3.20. The summed E-state index contributed by atoms with van der Waals surface area (Å²) in [6.45, 7) is 4.14. The number of anilines is 1. The van der Waals surface area contributed by atoms with Crippen molar-refractivity contribution in [2.75, 3.05) is 24.7 Å². The molecule has 1 atom stereocenters. The van der Waals surface area contributed by atoms with Gasteiger partial charge in [-0.05, 0) is 6.92 Å². The quantitative estimate of drug-likeness (QED) is 0.418. The molecule has 3 heterocycles. The van der Waals surface area contributed by atoms with Crippen LogP contribution in [0.2, 0.25) is 5.15 Å². The van der Waals surface area contributed by atoms with Gasteiger partial charge in [0.05, 0.1) is 18.8 Å². The maximum atomic E-state index is 12.1. The lowest BCUT2D eigenvalue weighted by atomic mass is 9.52. The fourth-order valence-electron chi connectivity index (χ4n) is 3.03. The van der Waals surface area contributed by atoms with Gasteiger partial charge in [0, 0.05) is 17.9 Å². The van der Waals surface area contributed by atoms with Crippen LogP contribution in [-0.4, -0.2) is 50.5 Å². The molecule has 0 aromatic carbocycles. The highest BCUT2D eigenvalue weighted by Crippen LogP contribution is 2.43. The molecule has 2 aliphatic rings. The normalized spacial score (nSPS) is 28.9. The molecule has 0 saturated carbocycles. The SMILES string of the molecule is BC1(B)n2c(cc(Cl)nc2=O)N2CCOC[C@]21C. The van der Waals surface area contributed by atoms with Crippen LogP contribution >= 0.6 is 11.6 Å². The molecule has 18 heavy (non-hydrogen) atoms. The van der Waals surface area contributed by atoms with Gasteiger partial charge in [0.25, 0.3) is 0 Å². The molecule has 1 fully saturated rings. The highest BCUT2D eigenvalue weighted by molar-refractivity contribution is 6.39. The molecule has 0 radical (unpaired) electrons. The summed E-state index contributed by atoms with van der Waals surface area (Å²) in [6.07, 6.45) is 0. The minimum atomic E-state index is -0.378. The molecule has 0 spiro atoms. The molecule has 5 nitrogen and oxygen atoms in total. The Bertz CT molecular complexity index is 577. The van der Waals surface area contributed by atoms with Gasteiger partial charge in [-0.25, -0.2) is 4.79 Å². The Kier molecular flexibility index (Phi) is 2.38. The summed E-state index contributed by atoms with van der Waals surface area (Å²) in [7, 11) is 4.09. The van der Waals surface area contributed by atoms with Crippen LogP contribution in [0.5, 0.6) is 0 Å². The third-order valence-corrected chi connectivity index (χ3v) is 4.66. The number of rotatable bonds is 0. The van der Waals surface area contributed by atoms with Crippen LogP contribution in [0.3, 0.4) is 0 Å². The van der Waals surface area contributed by atoms with E-state index in [2.05, 4.69) is 16.8 Å². The molecule has 0 bridgehead atoms. The molecule has 94 valence electrons. The molecule has 0 aliphatic carbocycles. The van der Waals surface area contributed by atoms with Gasteiger partial charge in [-0.2, -0.15) is 4.98 Å². The number of fused-ring (bicyclic) bond motifs is 3. The number of morpholine rings is 1. The molecule has 0 amide bonds. The molecule has 8 heteroatoms. The van der Waals surface area contributed by atoms with Crippen molar-refractivity contribution in [3.8, 4) is 0 Å². The number of hydrogen-bond donors (Lipinski definition) is 0. The van der Waals surface area contributed by atoms with E-state index in [1.165, 1.54) is 0 Å². The molecule has 1 saturated heterocycles. The molecule has 1 aromatic heterocycles. The molecule has 2 aliphatic heterocycles. The minimum Gasteiger partial charge on any atom is -0.377 e. The zero-order valence-corrected chi connectivity index (χ0v) is 11.5. The van der Waals surface area contributed by atoms with Gasteiger partial charge in [-0.15, -0.1) is 0 Å². The van der Waals surface area contributed by atoms with Crippen molar-refractivity contribution in [2.24, 2.45) is 0 Å². The second kappa shape index (κ2) is 3.54. The Morgan fingerprint density at radius 3 is 3.00 bits per heavy atom. The molecular formula is C10H14B2ClN3O2. The van der Waals surface area contributed by atoms with Gasteiger partial charge < -0.3 is 9.64 Å². The van der Waals surface area contributed by atoms with E-state index in [1.54, 1.807) is 10.6 Å². The zero-order valence-electron chi connectivity index (χ0n) is 10.7. The topological polar surface area (TPSA) is 47.4 Å². The van der Waals surface area contributed by atoms with E-state index in [0.717, 1.165) is 12.4 Å². The fraction of sp³-hybridized carbons (Fsp3) is 0.600. The van der Waals surface area contributed by atoms with Crippen molar-refractivity contribution in [1.82, 2.24) is 9.55 Å². The maximum absolute atomic E-state index is 12.1. The average Bonchev–Trinajstić information content (AvgIpc) is 2.44. The lowest BCUT2D eigenvalue weighted by Gasteiger charge is -2.47. The van der Waals surface area contributed by atoms with Crippen molar-refractivity contribution in [3.63, 3.8) is 0 Å². The maximum Gasteiger partial charge on any atom is 0.349 e. The Balaban J connectivity index is 2.31. The third-order valence-electron chi connectivity index (χ3n) is 4.46. The Morgan fingerprint density at radius 1 is 1.56 bits per heavy atom. The Labute approximate surface area is 112 Å². The first-order valence-corrected chi connectivity index (χ1v) is 6.41. The summed E-state index contributed by atoms with van der Waals surface area (Å²) >= 11 is 5.92. The molecule has 0 unspecified atom stereocenters. The average molecular weight is 265 g/mol. The molecule has 3 rings (SSSR count). The van der Waals surface area contributed by atoms with E-state index in [4.69, 9.17) is 16.3 Å². The predicted octanol–water partition coefficient (Wildman–Crippen LogP) is -1.62. The summed E-state index contributed by atoms with van der Waals surface area (Å²) < 4.78 is 7.34.